The molecule has 70 valence electrons. The van der Waals surface area contributed by atoms with Crippen molar-refractivity contribution in [3.8, 4) is 5.75 Å². The molecule has 0 aliphatic heterocycles. The number of hydrogen-bond acceptors (Lipinski definition) is 4. The summed E-state index contributed by atoms with van der Waals surface area (Å²) in [4.78, 5) is 3.37. The Bertz CT molecular complexity index is 298. The molecule has 0 atom stereocenters. The van der Waals surface area contributed by atoms with Crippen molar-refractivity contribution in [1.82, 2.24) is 0 Å². The van der Waals surface area contributed by atoms with Crippen molar-refractivity contribution in [3.05, 3.63) is 29.0 Å². The third-order valence-electron chi connectivity index (χ3n) is 1.21. The Balaban J connectivity index is 2.81. The van der Waals surface area contributed by atoms with Gasteiger partial charge in [-0.05, 0) is 12.1 Å². The van der Waals surface area contributed by atoms with Crippen LogP contribution in [0.4, 0.5) is 4.39 Å². The van der Waals surface area contributed by atoms with Gasteiger partial charge in [0.25, 0.3) is 0 Å². The third kappa shape index (κ3) is 2.85. The molecule has 1 aromatic carbocycles. The Hall–Kier alpha value is -0.815. The molecule has 0 aliphatic carbocycles. The number of rotatable bonds is 3. The van der Waals surface area contributed by atoms with Crippen LogP contribution in [0.25, 0.3) is 0 Å². The highest BCUT2D eigenvalue weighted by atomic mass is 35.5. The van der Waals surface area contributed by atoms with Gasteiger partial charge in [0.05, 0.1) is 0 Å². The number of benzene rings is 1. The molecule has 0 amide bonds. The molecule has 0 bridgehead atoms. The fourth-order valence-corrected chi connectivity index (χ4v) is 0.860. The summed E-state index contributed by atoms with van der Waals surface area (Å²) in [7, 11) is -1.94. The molecular formula is C6H5BClFO4. The summed E-state index contributed by atoms with van der Waals surface area (Å²) in [5.74, 6) is -1.03. The van der Waals surface area contributed by atoms with Gasteiger partial charge in [0.15, 0.2) is 5.82 Å². The average Bonchev–Trinajstić information content (AvgIpc) is 2.11. The lowest BCUT2D eigenvalue weighted by atomic mass is 10.2. The Labute approximate surface area is 78.6 Å². The van der Waals surface area contributed by atoms with E-state index in [0.717, 1.165) is 12.1 Å². The number of halogens is 2. The van der Waals surface area contributed by atoms with Crippen LogP contribution in [0.2, 0.25) is 5.02 Å². The summed E-state index contributed by atoms with van der Waals surface area (Å²) >= 11 is 5.51. The summed E-state index contributed by atoms with van der Waals surface area (Å²) < 4.78 is 17.2. The summed E-state index contributed by atoms with van der Waals surface area (Å²) in [5.41, 5.74) is 0. The summed E-state index contributed by atoms with van der Waals surface area (Å²) in [6.07, 6.45) is 0. The summed E-state index contributed by atoms with van der Waals surface area (Å²) in [5, 5.41) is 16.8. The summed E-state index contributed by atoms with van der Waals surface area (Å²) in [6, 6.07) is 3.51. The minimum Gasteiger partial charge on any atom is -0.508 e. The van der Waals surface area contributed by atoms with Crippen molar-refractivity contribution in [1.29, 1.82) is 0 Å². The Morgan fingerprint density at radius 1 is 1.46 bits per heavy atom. The van der Waals surface area contributed by atoms with Crippen LogP contribution in [0.3, 0.4) is 0 Å². The minimum absolute atomic E-state index is 0.238. The van der Waals surface area contributed by atoms with E-state index in [1.807, 2.05) is 0 Å². The van der Waals surface area contributed by atoms with Crippen molar-refractivity contribution in [2.75, 3.05) is 0 Å². The van der Waals surface area contributed by atoms with Gasteiger partial charge < -0.3 is 9.68 Å². The molecule has 0 aromatic heterocycles. The predicted molar refractivity (Wildman–Crippen MR) is 43.7 cm³/mol. The smallest absolute Gasteiger partial charge is 0.508 e. The van der Waals surface area contributed by atoms with E-state index in [1.165, 1.54) is 6.07 Å². The van der Waals surface area contributed by atoms with Gasteiger partial charge in [-0.25, -0.2) is 9.20 Å². The second-order valence-electron chi connectivity index (χ2n) is 2.11. The molecule has 0 heterocycles. The molecule has 4 nitrogen and oxygen atoms in total. The van der Waals surface area contributed by atoms with E-state index in [0.29, 0.717) is 0 Å². The first-order chi connectivity index (χ1) is 6.13. The van der Waals surface area contributed by atoms with Crippen LogP contribution in [0.5, 0.6) is 5.75 Å². The highest BCUT2D eigenvalue weighted by Crippen LogP contribution is 2.21. The van der Waals surface area contributed by atoms with E-state index in [9.17, 15) is 4.39 Å². The van der Waals surface area contributed by atoms with E-state index in [2.05, 4.69) is 9.46 Å². The van der Waals surface area contributed by atoms with E-state index in [-0.39, 0.29) is 10.8 Å². The fourth-order valence-electron chi connectivity index (χ4n) is 0.698. The normalized spacial score (nSPS) is 9.85. The Morgan fingerprint density at radius 3 is 2.77 bits per heavy atom. The third-order valence-corrected chi connectivity index (χ3v) is 1.45. The van der Waals surface area contributed by atoms with Crippen LogP contribution < -0.4 is 4.65 Å². The first-order valence-corrected chi connectivity index (χ1v) is 3.61. The quantitative estimate of drug-likeness (QED) is 0.445. The Morgan fingerprint density at radius 2 is 2.15 bits per heavy atom. The van der Waals surface area contributed by atoms with E-state index in [4.69, 9.17) is 21.9 Å². The van der Waals surface area contributed by atoms with Crippen LogP contribution in [-0.2, 0) is 4.81 Å². The molecule has 7 heteroatoms. The van der Waals surface area contributed by atoms with Crippen LogP contribution >= 0.6 is 11.6 Å². The Kier molecular flexibility index (Phi) is 3.50. The molecule has 0 saturated carbocycles. The van der Waals surface area contributed by atoms with Gasteiger partial charge in [0, 0.05) is 11.1 Å². The lowest BCUT2D eigenvalue weighted by Crippen LogP contribution is -2.24. The zero-order chi connectivity index (χ0) is 9.84. The molecule has 0 saturated heterocycles. The van der Waals surface area contributed by atoms with E-state index in [1.54, 1.807) is 0 Å². The molecule has 2 N–H and O–H groups in total. The maximum absolute atomic E-state index is 12.8. The van der Waals surface area contributed by atoms with Crippen LogP contribution in [0, 0.1) is 5.82 Å². The van der Waals surface area contributed by atoms with Crippen molar-refractivity contribution in [2.45, 2.75) is 0 Å². The first-order valence-electron chi connectivity index (χ1n) is 3.23. The van der Waals surface area contributed by atoms with E-state index >= 15 is 0 Å². The molecular weight excluding hydrogens is 201 g/mol. The van der Waals surface area contributed by atoms with Gasteiger partial charge in [-0.2, -0.15) is 0 Å². The SMILES string of the molecule is OOB(O)Oc1cc(Cl)ccc1F. The lowest BCUT2D eigenvalue weighted by molar-refractivity contribution is -0.171. The molecule has 0 fully saturated rings. The molecule has 0 radical (unpaired) electrons. The highest BCUT2D eigenvalue weighted by molar-refractivity contribution is 6.35. The second-order valence-corrected chi connectivity index (χ2v) is 2.54. The van der Waals surface area contributed by atoms with Gasteiger partial charge >= 0.3 is 7.32 Å². The molecule has 1 rings (SSSR count). The monoisotopic (exact) mass is 206 g/mol. The van der Waals surface area contributed by atoms with Crippen LogP contribution in [0.1, 0.15) is 0 Å². The highest BCUT2D eigenvalue weighted by Gasteiger charge is 2.20. The summed E-state index contributed by atoms with van der Waals surface area (Å²) in [6.45, 7) is 0. The van der Waals surface area contributed by atoms with Gasteiger partial charge in [-0.15, -0.1) is 0 Å². The number of hydrogen-bond donors (Lipinski definition) is 2. The van der Waals surface area contributed by atoms with Crippen molar-refractivity contribution in [3.63, 3.8) is 0 Å². The molecule has 0 aliphatic rings. The topological polar surface area (TPSA) is 58.9 Å². The molecule has 1 aromatic rings. The largest absolute Gasteiger partial charge is 0.739 e. The predicted octanol–water partition coefficient (Wildman–Crippen LogP) is 1.32. The molecule has 0 unspecified atom stereocenters. The van der Waals surface area contributed by atoms with Gasteiger partial charge in [-0.1, -0.05) is 11.6 Å². The first kappa shape index (κ1) is 10.3. The average molecular weight is 206 g/mol. The van der Waals surface area contributed by atoms with Crippen molar-refractivity contribution in [2.24, 2.45) is 0 Å². The zero-order valence-corrected chi connectivity index (χ0v) is 7.03. The zero-order valence-electron chi connectivity index (χ0n) is 6.28. The van der Waals surface area contributed by atoms with Gasteiger partial charge in [-0.3, -0.25) is 5.26 Å². The van der Waals surface area contributed by atoms with Crippen LogP contribution in [0.15, 0.2) is 18.2 Å². The lowest BCUT2D eigenvalue weighted by Gasteiger charge is -2.06. The fraction of sp³-hybridized carbons (Fsp3) is 0. The van der Waals surface area contributed by atoms with Gasteiger partial charge in [0.2, 0.25) is 0 Å². The maximum Gasteiger partial charge on any atom is 0.739 e. The van der Waals surface area contributed by atoms with Crippen molar-refractivity contribution < 1.29 is 24.1 Å². The van der Waals surface area contributed by atoms with Gasteiger partial charge in [0.1, 0.15) is 5.75 Å². The van der Waals surface area contributed by atoms with Crippen LogP contribution in [-0.4, -0.2) is 17.6 Å². The minimum atomic E-state index is -1.94. The second kappa shape index (κ2) is 4.43. The standard InChI is InChI=1S/C6H5BClFO4/c8-4-1-2-5(9)6(3-4)12-7(10)13-11/h1-3,10-11H. The van der Waals surface area contributed by atoms with E-state index < -0.39 is 13.1 Å². The molecule has 13 heavy (non-hydrogen) atoms. The maximum atomic E-state index is 12.8. The van der Waals surface area contributed by atoms with Crippen molar-refractivity contribution >= 4 is 18.9 Å². The molecule has 0 spiro atoms.